The number of pyridine rings is 1. The number of aromatic nitrogens is 3. The molecule has 0 aliphatic heterocycles. The lowest BCUT2D eigenvalue weighted by Gasteiger charge is -2.03. The zero-order chi connectivity index (χ0) is 11.7. The van der Waals surface area contributed by atoms with Crippen LogP contribution < -0.4 is 4.74 Å². The number of benzene rings is 1. The third kappa shape index (κ3) is 1.63. The minimum atomic E-state index is 0.841. The molecule has 4 nitrogen and oxygen atoms in total. The number of H-pyrrole nitrogens is 1. The van der Waals surface area contributed by atoms with E-state index in [1.165, 1.54) is 0 Å². The minimum Gasteiger partial charge on any atom is -0.497 e. The summed E-state index contributed by atoms with van der Waals surface area (Å²) in [7, 11) is 1.66. The van der Waals surface area contributed by atoms with E-state index in [1.807, 2.05) is 30.3 Å². The summed E-state index contributed by atoms with van der Waals surface area (Å²) in [4.78, 5) is 4.40. The molecule has 0 bridgehead atoms. The van der Waals surface area contributed by atoms with Gasteiger partial charge in [0, 0.05) is 17.1 Å². The van der Waals surface area contributed by atoms with Crippen LogP contribution in [-0.4, -0.2) is 22.3 Å². The number of nitrogens with one attached hydrogen (secondary N) is 1. The Morgan fingerprint density at radius 2 is 1.94 bits per heavy atom. The Morgan fingerprint density at radius 3 is 2.71 bits per heavy atom. The third-order valence-electron chi connectivity index (χ3n) is 2.73. The van der Waals surface area contributed by atoms with E-state index in [2.05, 4.69) is 15.2 Å². The molecule has 0 saturated carbocycles. The Bertz CT molecular complexity index is 643. The van der Waals surface area contributed by atoms with Crippen molar-refractivity contribution in [3.63, 3.8) is 0 Å². The van der Waals surface area contributed by atoms with Gasteiger partial charge in [-0.2, -0.15) is 5.10 Å². The van der Waals surface area contributed by atoms with Crippen LogP contribution in [0.25, 0.3) is 22.2 Å². The van der Waals surface area contributed by atoms with Gasteiger partial charge in [0.25, 0.3) is 0 Å². The average Bonchev–Trinajstić information content (AvgIpc) is 2.87. The molecule has 0 unspecified atom stereocenters. The van der Waals surface area contributed by atoms with Crippen LogP contribution in [-0.2, 0) is 0 Å². The highest BCUT2D eigenvalue weighted by Gasteiger charge is 2.06. The summed E-state index contributed by atoms with van der Waals surface area (Å²) in [5.41, 5.74) is 2.97. The molecule has 1 aromatic carbocycles. The second kappa shape index (κ2) is 3.90. The number of fused-ring (bicyclic) bond motifs is 1. The number of rotatable bonds is 2. The van der Waals surface area contributed by atoms with Crippen molar-refractivity contribution in [2.45, 2.75) is 0 Å². The van der Waals surface area contributed by atoms with Crippen molar-refractivity contribution in [3.05, 3.63) is 42.7 Å². The second-order valence-corrected chi connectivity index (χ2v) is 3.72. The van der Waals surface area contributed by atoms with Crippen molar-refractivity contribution < 1.29 is 4.74 Å². The average molecular weight is 225 g/mol. The summed E-state index contributed by atoms with van der Waals surface area (Å²) in [5, 5.41) is 7.99. The zero-order valence-corrected chi connectivity index (χ0v) is 9.34. The van der Waals surface area contributed by atoms with Gasteiger partial charge in [-0.25, -0.2) is 0 Å². The van der Waals surface area contributed by atoms with Crippen molar-refractivity contribution in [1.82, 2.24) is 15.2 Å². The van der Waals surface area contributed by atoms with E-state index in [-0.39, 0.29) is 0 Å². The number of nitrogens with zero attached hydrogens (tertiary/aromatic N) is 2. The SMILES string of the molecule is COc1ccc(-c2nccc3[nH]ncc23)cc1. The molecule has 3 aromatic rings. The number of aromatic amines is 1. The van der Waals surface area contributed by atoms with E-state index in [9.17, 15) is 0 Å². The summed E-state index contributed by atoms with van der Waals surface area (Å²) < 4.78 is 5.14. The molecule has 0 aliphatic rings. The molecule has 2 heterocycles. The highest BCUT2D eigenvalue weighted by molar-refractivity contribution is 5.91. The first-order valence-corrected chi connectivity index (χ1v) is 5.31. The molecular formula is C13H11N3O. The van der Waals surface area contributed by atoms with Crippen LogP contribution in [0, 0.1) is 0 Å². The highest BCUT2D eigenvalue weighted by Crippen LogP contribution is 2.26. The van der Waals surface area contributed by atoms with Crippen LogP contribution in [0.5, 0.6) is 5.75 Å². The maximum Gasteiger partial charge on any atom is 0.118 e. The van der Waals surface area contributed by atoms with Crippen molar-refractivity contribution in [1.29, 1.82) is 0 Å². The van der Waals surface area contributed by atoms with Gasteiger partial charge in [0.05, 0.1) is 24.5 Å². The lowest BCUT2D eigenvalue weighted by molar-refractivity contribution is 0.415. The molecule has 4 heteroatoms. The van der Waals surface area contributed by atoms with Crippen molar-refractivity contribution >= 4 is 10.9 Å². The predicted molar refractivity (Wildman–Crippen MR) is 65.9 cm³/mol. The van der Waals surface area contributed by atoms with Gasteiger partial charge >= 0.3 is 0 Å². The van der Waals surface area contributed by atoms with E-state index >= 15 is 0 Å². The minimum absolute atomic E-state index is 0.841. The molecule has 84 valence electrons. The van der Waals surface area contributed by atoms with Crippen LogP contribution in [0.1, 0.15) is 0 Å². The molecule has 2 aromatic heterocycles. The number of hydrogen-bond acceptors (Lipinski definition) is 3. The zero-order valence-electron chi connectivity index (χ0n) is 9.34. The molecule has 1 N–H and O–H groups in total. The van der Waals surface area contributed by atoms with Gasteiger partial charge in [0.15, 0.2) is 0 Å². The molecule has 0 spiro atoms. The number of methoxy groups -OCH3 is 1. The fourth-order valence-electron chi connectivity index (χ4n) is 1.85. The molecule has 3 rings (SSSR count). The molecular weight excluding hydrogens is 214 g/mol. The second-order valence-electron chi connectivity index (χ2n) is 3.72. The van der Waals surface area contributed by atoms with Gasteiger partial charge in [-0.05, 0) is 30.3 Å². The lowest BCUT2D eigenvalue weighted by Crippen LogP contribution is -1.85. The quantitative estimate of drug-likeness (QED) is 0.729. The van der Waals surface area contributed by atoms with Gasteiger partial charge in [-0.15, -0.1) is 0 Å². The first-order chi connectivity index (χ1) is 8.38. The smallest absolute Gasteiger partial charge is 0.118 e. The first-order valence-electron chi connectivity index (χ1n) is 5.31. The monoisotopic (exact) mass is 225 g/mol. The molecule has 0 radical (unpaired) electrons. The van der Waals surface area contributed by atoms with E-state index < -0.39 is 0 Å². The summed E-state index contributed by atoms with van der Waals surface area (Å²) in [5.74, 6) is 0.841. The topological polar surface area (TPSA) is 50.8 Å². The van der Waals surface area contributed by atoms with Crippen molar-refractivity contribution in [3.8, 4) is 17.0 Å². The highest BCUT2D eigenvalue weighted by atomic mass is 16.5. The van der Waals surface area contributed by atoms with Gasteiger partial charge in [0.2, 0.25) is 0 Å². The van der Waals surface area contributed by atoms with E-state index in [1.54, 1.807) is 19.5 Å². The summed E-state index contributed by atoms with van der Waals surface area (Å²) >= 11 is 0. The molecule has 0 saturated heterocycles. The largest absolute Gasteiger partial charge is 0.497 e. The third-order valence-corrected chi connectivity index (χ3v) is 2.73. The van der Waals surface area contributed by atoms with E-state index in [0.717, 1.165) is 27.9 Å². The van der Waals surface area contributed by atoms with Crippen molar-refractivity contribution in [2.24, 2.45) is 0 Å². The lowest BCUT2D eigenvalue weighted by atomic mass is 10.1. The Morgan fingerprint density at radius 1 is 1.12 bits per heavy atom. The number of hydrogen-bond donors (Lipinski definition) is 1. The van der Waals surface area contributed by atoms with Crippen LogP contribution >= 0.6 is 0 Å². The Hall–Kier alpha value is -2.36. The Kier molecular flexibility index (Phi) is 2.26. The maximum atomic E-state index is 5.14. The van der Waals surface area contributed by atoms with Gasteiger partial charge in [-0.1, -0.05) is 0 Å². The molecule has 0 amide bonds. The van der Waals surface area contributed by atoms with Gasteiger partial charge in [-0.3, -0.25) is 10.1 Å². The molecule has 0 fully saturated rings. The van der Waals surface area contributed by atoms with Gasteiger partial charge < -0.3 is 4.74 Å². The van der Waals surface area contributed by atoms with Crippen molar-refractivity contribution in [2.75, 3.05) is 7.11 Å². The molecule has 0 aliphatic carbocycles. The predicted octanol–water partition coefficient (Wildman–Crippen LogP) is 2.63. The Labute approximate surface area is 98.3 Å². The first kappa shape index (κ1) is 9.84. The summed E-state index contributed by atoms with van der Waals surface area (Å²) in [6.07, 6.45) is 3.57. The van der Waals surface area contributed by atoms with Crippen LogP contribution in [0.3, 0.4) is 0 Å². The van der Waals surface area contributed by atoms with Crippen LogP contribution in [0.15, 0.2) is 42.7 Å². The van der Waals surface area contributed by atoms with E-state index in [0.29, 0.717) is 0 Å². The maximum absolute atomic E-state index is 5.14. The summed E-state index contributed by atoms with van der Waals surface area (Å²) in [6, 6.07) is 9.75. The normalized spacial score (nSPS) is 10.6. The standard InChI is InChI=1S/C13H11N3O/c1-17-10-4-2-9(3-5-10)13-11-8-15-16-12(11)6-7-14-13/h2-8H,1H3,(H,15,16). The fourth-order valence-corrected chi connectivity index (χ4v) is 1.85. The Balaban J connectivity index is 2.16. The summed E-state index contributed by atoms with van der Waals surface area (Å²) in [6.45, 7) is 0. The molecule has 17 heavy (non-hydrogen) atoms. The van der Waals surface area contributed by atoms with E-state index in [4.69, 9.17) is 4.74 Å². The van der Waals surface area contributed by atoms with Gasteiger partial charge in [0.1, 0.15) is 5.75 Å². The fraction of sp³-hybridized carbons (Fsp3) is 0.0769. The number of ether oxygens (including phenoxy) is 1. The van der Waals surface area contributed by atoms with Crippen LogP contribution in [0.2, 0.25) is 0 Å². The molecule has 0 atom stereocenters. The van der Waals surface area contributed by atoms with Crippen LogP contribution in [0.4, 0.5) is 0 Å².